The number of hydrogen-bond donors (Lipinski definition) is 2. The zero-order chi connectivity index (χ0) is 19.3. The van der Waals surface area contributed by atoms with Crippen LogP contribution in [0.15, 0.2) is 29.2 Å². The molecule has 27 heavy (non-hydrogen) atoms. The van der Waals surface area contributed by atoms with Crippen LogP contribution in [-0.2, 0) is 14.8 Å². The number of nitrogens with one attached hydrogen (secondary N) is 1. The third-order valence-corrected chi connectivity index (χ3v) is 7.39. The van der Waals surface area contributed by atoms with E-state index in [-0.39, 0.29) is 16.8 Å². The van der Waals surface area contributed by atoms with E-state index in [4.69, 9.17) is 10.5 Å². The summed E-state index contributed by atoms with van der Waals surface area (Å²) in [5.74, 6) is 0.128. The van der Waals surface area contributed by atoms with Crippen molar-refractivity contribution >= 4 is 15.9 Å². The minimum absolute atomic E-state index is 0.0719. The van der Waals surface area contributed by atoms with Gasteiger partial charge in [0, 0.05) is 31.2 Å². The Balaban J connectivity index is 1.73. The Morgan fingerprint density at radius 2 is 1.93 bits per heavy atom. The van der Waals surface area contributed by atoms with Crippen molar-refractivity contribution in [1.29, 1.82) is 0 Å². The van der Waals surface area contributed by atoms with Crippen molar-refractivity contribution < 1.29 is 17.9 Å². The topological polar surface area (TPSA) is 102 Å². The number of amides is 1. The number of ether oxygens (including phenoxy) is 1. The molecule has 1 heterocycles. The van der Waals surface area contributed by atoms with Crippen LogP contribution in [0.1, 0.15) is 42.5 Å². The van der Waals surface area contributed by atoms with Gasteiger partial charge in [-0.25, -0.2) is 8.42 Å². The molecule has 1 saturated carbocycles. The fourth-order valence-corrected chi connectivity index (χ4v) is 5.35. The minimum Gasteiger partial charge on any atom is -0.379 e. The lowest BCUT2D eigenvalue weighted by molar-refractivity contribution is 0.0730. The van der Waals surface area contributed by atoms with Crippen LogP contribution in [0.4, 0.5) is 0 Å². The van der Waals surface area contributed by atoms with Gasteiger partial charge in [-0.3, -0.25) is 4.79 Å². The van der Waals surface area contributed by atoms with Crippen LogP contribution in [-0.4, -0.2) is 57.5 Å². The average molecular weight is 396 g/mol. The Morgan fingerprint density at radius 3 is 2.59 bits per heavy atom. The second-order valence-corrected chi connectivity index (χ2v) is 9.20. The number of nitrogens with two attached hydrogens (primary N) is 1. The van der Waals surface area contributed by atoms with Crippen molar-refractivity contribution in [3.63, 3.8) is 0 Å². The van der Waals surface area contributed by atoms with E-state index in [2.05, 4.69) is 5.32 Å². The summed E-state index contributed by atoms with van der Waals surface area (Å²) in [4.78, 5) is 12.9. The predicted molar refractivity (Wildman–Crippen MR) is 103 cm³/mol. The lowest BCUT2D eigenvalue weighted by atomic mass is 9.84. The molecule has 0 aromatic heterocycles. The molecule has 0 spiro atoms. The molecule has 1 aliphatic carbocycles. The molecule has 3 N–H and O–H groups in total. The molecule has 3 rings (SSSR count). The van der Waals surface area contributed by atoms with E-state index in [9.17, 15) is 13.2 Å². The number of nitrogens with zero attached hydrogens (tertiary/aromatic N) is 1. The SMILES string of the molecule is NCC(NC(=O)c1cccc(S(=O)(=O)N2CCOCC2)c1)C1CCCCC1. The summed E-state index contributed by atoms with van der Waals surface area (Å²) in [6.45, 7) is 1.82. The molecule has 1 unspecified atom stereocenters. The van der Waals surface area contributed by atoms with Gasteiger partial charge in [-0.15, -0.1) is 0 Å². The van der Waals surface area contributed by atoms with Gasteiger partial charge in [0.1, 0.15) is 0 Å². The fourth-order valence-electron chi connectivity index (χ4n) is 3.89. The highest BCUT2D eigenvalue weighted by molar-refractivity contribution is 7.89. The van der Waals surface area contributed by atoms with E-state index in [1.165, 1.54) is 35.7 Å². The third kappa shape index (κ3) is 4.87. The van der Waals surface area contributed by atoms with Crippen LogP contribution >= 0.6 is 0 Å². The first kappa shape index (κ1) is 20.3. The molecule has 7 nitrogen and oxygen atoms in total. The molecular weight excluding hydrogens is 366 g/mol. The highest BCUT2D eigenvalue weighted by Gasteiger charge is 2.28. The van der Waals surface area contributed by atoms with Gasteiger partial charge in [-0.1, -0.05) is 25.3 Å². The van der Waals surface area contributed by atoms with Crippen LogP contribution in [0.2, 0.25) is 0 Å². The molecule has 8 heteroatoms. The van der Waals surface area contributed by atoms with Crippen LogP contribution in [0.5, 0.6) is 0 Å². The second kappa shape index (κ2) is 9.14. The predicted octanol–water partition coefficient (Wildman–Crippen LogP) is 1.34. The van der Waals surface area contributed by atoms with Crippen molar-refractivity contribution in [2.24, 2.45) is 11.7 Å². The zero-order valence-corrected chi connectivity index (χ0v) is 16.4. The van der Waals surface area contributed by atoms with Gasteiger partial charge in [0.2, 0.25) is 10.0 Å². The summed E-state index contributed by atoms with van der Waals surface area (Å²) in [7, 11) is -3.62. The molecule has 0 radical (unpaired) electrons. The molecule has 1 atom stereocenters. The van der Waals surface area contributed by atoms with E-state index in [1.54, 1.807) is 12.1 Å². The molecule has 1 amide bonds. The van der Waals surface area contributed by atoms with Gasteiger partial charge in [0.05, 0.1) is 18.1 Å². The second-order valence-electron chi connectivity index (χ2n) is 7.26. The molecule has 1 aliphatic heterocycles. The minimum atomic E-state index is -3.62. The summed E-state index contributed by atoms with van der Waals surface area (Å²) in [6.07, 6.45) is 5.74. The summed E-state index contributed by atoms with van der Waals surface area (Å²) < 4.78 is 32.2. The number of carbonyl (C=O) groups excluding carboxylic acids is 1. The zero-order valence-electron chi connectivity index (χ0n) is 15.6. The number of benzene rings is 1. The monoisotopic (exact) mass is 395 g/mol. The van der Waals surface area contributed by atoms with Gasteiger partial charge in [-0.05, 0) is 37.0 Å². The van der Waals surface area contributed by atoms with E-state index >= 15 is 0 Å². The lowest BCUT2D eigenvalue weighted by Gasteiger charge is -2.30. The number of morpholine rings is 1. The van der Waals surface area contributed by atoms with Crippen LogP contribution in [0.3, 0.4) is 0 Å². The Kier molecular flexibility index (Phi) is 6.86. The quantitative estimate of drug-likeness (QED) is 0.757. The number of rotatable bonds is 6. The Morgan fingerprint density at radius 1 is 1.22 bits per heavy atom. The van der Waals surface area contributed by atoms with Crippen LogP contribution in [0.25, 0.3) is 0 Å². The summed E-state index contributed by atoms with van der Waals surface area (Å²) >= 11 is 0. The van der Waals surface area contributed by atoms with E-state index in [1.807, 2.05) is 0 Å². The van der Waals surface area contributed by atoms with Gasteiger partial charge in [-0.2, -0.15) is 4.31 Å². The Labute approximate surface area is 161 Å². The van der Waals surface area contributed by atoms with Crippen molar-refractivity contribution in [2.45, 2.75) is 43.0 Å². The molecule has 1 aromatic rings. The van der Waals surface area contributed by atoms with Crippen molar-refractivity contribution in [2.75, 3.05) is 32.8 Å². The van der Waals surface area contributed by atoms with Gasteiger partial charge < -0.3 is 15.8 Å². The van der Waals surface area contributed by atoms with E-state index < -0.39 is 10.0 Å². The summed E-state index contributed by atoms with van der Waals surface area (Å²) in [6, 6.07) is 6.16. The van der Waals surface area contributed by atoms with E-state index in [0.29, 0.717) is 44.3 Å². The van der Waals surface area contributed by atoms with Crippen molar-refractivity contribution in [3.05, 3.63) is 29.8 Å². The maximum absolute atomic E-state index is 12.8. The standard InChI is InChI=1S/C19H29N3O4S/c20-14-18(15-5-2-1-3-6-15)21-19(23)16-7-4-8-17(13-16)27(24,25)22-9-11-26-12-10-22/h4,7-8,13,15,18H,1-3,5-6,9-12,14,20H2,(H,21,23). The number of sulfonamides is 1. The molecular formula is C19H29N3O4S. The highest BCUT2D eigenvalue weighted by atomic mass is 32.2. The maximum atomic E-state index is 12.8. The summed E-state index contributed by atoms with van der Waals surface area (Å²) in [5, 5.41) is 3.02. The molecule has 2 aliphatic rings. The first-order chi connectivity index (χ1) is 13.0. The van der Waals surface area contributed by atoms with Crippen LogP contribution < -0.4 is 11.1 Å². The molecule has 0 bridgehead atoms. The summed E-state index contributed by atoms with van der Waals surface area (Å²) in [5.41, 5.74) is 6.24. The maximum Gasteiger partial charge on any atom is 0.251 e. The Hall–Kier alpha value is -1.48. The fraction of sp³-hybridized carbons (Fsp3) is 0.632. The number of carbonyl (C=O) groups is 1. The smallest absolute Gasteiger partial charge is 0.251 e. The van der Waals surface area contributed by atoms with Crippen molar-refractivity contribution in [1.82, 2.24) is 9.62 Å². The highest BCUT2D eigenvalue weighted by Crippen LogP contribution is 2.26. The third-order valence-electron chi connectivity index (χ3n) is 5.49. The van der Waals surface area contributed by atoms with E-state index in [0.717, 1.165) is 12.8 Å². The first-order valence-corrected chi connectivity index (χ1v) is 11.2. The van der Waals surface area contributed by atoms with Gasteiger partial charge in [0.25, 0.3) is 5.91 Å². The molecule has 150 valence electrons. The molecule has 1 aromatic carbocycles. The lowest BCUT2D eigenvalue weighted by Crippen LogP contribution is -2.46. The number of hydrogen-bond acceptors (Lipinski definition) is 5. The van der Waals surface area contributed by atoms with Crippen LogP contribution in [0, 0.1) is 5.92 Å². The normalized spacial score (nSPS) is 20.9. The molecule has 2 fully saturated rings. The average Bonchev–Trinajstić information content (AvgIpc) is 2.73. The van der Waals surface area contributed by atoms with Crippen molar-refractivity contribution in [3.8, 4) is 0 Å². The Bertz CT molecular complexity index is 741. The van der Waals surface area contributed by atoms with Gasteiger partial charge in [0.15, 0.2) is 0 Å². The largest absolute Gasteiger partial charge is 0.379 e. The van der Waals surface area contributed by atoms with Gasteiger partial charge >= 0.3 is 0 Å². The molecule has 1 saturated heterocycles. The first-order valence-electron chi connectivity index (χ1n) is 9.71.